The van der Waals surface area contributed by atoms with E-state index in [4.69, 9.17) is 4.74 Å². The minimum Gasteiger partial charge on any atom is -0.484 e. The largest absolute Gasteiger partial charge is 0.484 e. The van der Waals surface area contributed by atoms with E-state index in [-0.39, 0.29) is 11.9 Å². The highest BCUT2D eigenvalue weighted by molar-refractivity contribution is 9.10. The number of aryl methyl sites for hydroxylation is 2. The Kier molecular flexibility index (Phi) is 3.38. The second kappa shape index (κ2) is 5.06. The molecule has 3 rings (SSSR count). The van der Waals surface area contributed by atoms with Gasteiger partial charge in [0.15, 0.2) is 5.78 Å². The van der Waals surface area contributed by atoms with E-state index >= 15 is 0 Å². The third-order valence-electron chi connectivity index (χ3n) is 3.65. The molecule has 1 unspecified atom stereocenters. The van der Waals surface area contributed by atoms with E-state index in [1.807, 2.05) is 18.2 Å². The lowest BCUT2D eigenvalue weighted by Gasteiger charge is -2.26. The Bertz CT molecular complexity index is 691. The molecule has 0 saturated heterocycles. The molecule has 0 spiro atoms. The highest BCUT2D eigenvalue weighted by Crippen LogP contribution is 2.37. The molecule has 20 heavy (non-hydrogen) atoms. The van der Waals surface area contributed by atoms with E-state index in [9.17, 15) is 4.79 Å². The number of fused-ring (bicyclic) bond motifs is 1. The van der Waals surface area contributed by atoms with Crippen molar-refractivity contribution in [3.8, 4) is 5.75 Å². The molecule has 0 aromatic heterocycles. The first-order valence-electron chi connectivity index (χ1n) is 6.61. The van der Waals surface area contributed by atoms with Gasteiger partial charge in [-0.3, -0.25) is 4.79 Å². The van der Waals surface area contributed by atoms with Crippen molar-refractivity contribution in [2.75, 3.05) is 0 Å². The van der Waals surface area contributed by atoms with Crippen LogP contribution in [0.5, 0.6) is 5.75 Å². The summed E-state index contributed by atoms with van der Waals surface area (Å²) in [5, 5.41) is 0. The van der Waals surface area contributed by atoms with Crippen LogP contribution in [-0.2, 0) is 0 Å². The molecule has 0 saturated carbocycles. The Morgan fingerprint density at radius 3 is 2.70 bits per heavy atom. The molecular formula is C17H15BrO2. The predicted octanol–water partition coefficient (Wildman–Crippen LogP) is 4.77. The second-order valence-corrected chi connectivity index (χ2v) is 6.15. The summed E-state index contributed by atoms with van der Waals surface area (Å²) in [7, 11) is 0. The lowest BCUT2D eigenvalue weighted by Crippen LogP contribution is -2.21. The Morgan fingerprint density at radius 1 is 1.15 bits per heavy atom. The monoisotopic (exact) mass is 330 g/mol. The van der Waals surface area contributed by atoms with Crippen LogP contribution in [0.15, 0.2) is 40.9 Å². The van der Waals surface area contributed by atoms with E-state index in [0.29, 0.717) is 17.7 Å². The average Bonchev–Trinajstić information content (AvgIpc) is 2.39. The SMILES string of the molecule is Cc1ccc(C2CC(=O)c3cc(Br)ccc3O2)c(C)c1. The van der Waals surface area contributed by atoms with Crippen LogP contribution in [0.2, 0.25) is 0 Å². The number of ether oxygens (including phenoxy) is 1. The van der Waals surface area contributed by atoms with Gasteiger partial charge in [-0.25, -0.2) is 0 Å². The van der Waals surface area contributed by atoms with Gasteiger partial charge in [-0.2, -0.15) is 0 Å². The molecular weight excluding hydrogens is 316 g/mol. The normalized spacial score (nSPS) is 17.6. The molecule has 1 atom stereocenters. The molecule has 2 aromatic carbocycles. The van der Waals surface area contributed by atoms with Crippen LogP contribution in [0.1, 0.15) is 39.6 Å². The van der Waals surface area contributed by atoms with Crippen molar-refractivity contribution in [3.05, 3.63) is 63.1 Å². The molecule has 1 aliphatic heterocycles. The fourth-order valence-electron chi connectivity index (χ4n) is 2.66. The maximum absolute atomic E-state index is 12.3. The first kappa shape index (κ1) is 13.4. The van der Waals surface area contributed by atoms with Crippen LogP contribution in [0.3, 0.4) is 0 Å². The van der Waals surface area contributed by atoms with E-state index in [2.05, 4.69) is 48.0 Å². The maximum Gasteiger partial charge on any atom is 0.170 e. The highest BCUT2D eigenvalue weighted by Gasteiger charge is 2.28. The van der Waals surface area contributed by atoms with Crippen LogP contribution in [0.25, 0.3) is 0 Å². The zero-order chi connectivity index (χ0) is 14.3. The first-order chi connectivity index (χ1) is 9.54. The van der Waals surface area contributed by atoms with Gasteiger partial charge in [0, 0.05) is 4.47 Å². The zero-order valence-electron chi connectivity index (χ0n) is 11.4. The van der Waals surface area contributed by atoms with Gasteiger partial charge in [0.05, 0.1) is 12.0 Å². The maximum atomic E-state index is 12.3. The third kappa shape index (κ3) is 2.38. The Balaban J connectivity index is 1.99. The van der Waals surface area contributed by atoms with Gasteiger partial charge < -0.3 is 4.74 Å². The van der Waals surface area contributed by atoms with Crippen LogP contribution in [-0.4, -0.2) is 5.78 Å². The Hall–Kier alpha value is -1.61. The topological polar surface area (TPSA) is 26.3 Å². The summed E-state index contributed by atoms with van der Waals surface area (Å²) in [4.78, 5) is 12.3. The third-order valence-corrected chi connectivity index (χ3v) is 4.15. The minimum absolute atomic E-state index is 0.137. The Morgan fingerprint density at radius 2 is 1.95 bits per heavy atom. The standard InChI is InChI=1S/C17H15BrO2/c1-10-3-5-13(11(2)7-10)17-9-15(19)14-8-12(18)4-6-16(14)20-17/h3-8,17H,9H2,1-2H3. The number of Topliss-reactive ketones (excluding diaryl/α,β-unsaturated/α-hetero) is 1. The van der Waals surface area contributed by atoms with E-state index in [1.54, 1.807) is 0 Å². The number of hydrogen-bond acceptors (Lipinski definition) is 2. The Labute approximate surface area is 126 Å². The summed E-state index contributed by atoms with van der Waals surface area (Å²) in [5.41, 5.74) is 4.15. The molecule has 102 valence electrons. The molecule has 0 fully saturated rings. The van der Waals surface area contributed by atoms with Crippen LogP contribution < -0.4 is 4.74 Å². The van der Waals surface area contributed by atoms with Crippen molar-refractivity contribution in [3.63, 3.8) is 0 Å². The lowest BCUT2D eigenvalue weighted by molar-refractivity contribution is 0.0849. The van der Waals surface area contributed by atoms with Crippen molar-refractivity contribution in [1.29, 1.82) is 0 Å². The molecule has 3 heteroatoms. The van der Waals surface area contributed by atoms with Crippen molar-refractivity contribution < 1.29 is 9.53 Å². The van der Waals surface area contributed by atoms with Crippen molar-refractivity contribution in [2.45, 2.75) is 26.4 Å². The van der Waals surface area contributed by atoms with Gasteiger partial charge in [-0.1, -0.05) is 39.7 Å². The summed E-state index contributed by atoms with van der Waals surface area (Å²) < 4.78 is 6.92. The van der Waals surface area contributed by atoms with Crippen molar-refractivity contribution >= 4 is 21.7 Å². The van der Waals surface area contributed by atoms with Crippen molar-refractivity contribution in [2.24, 2.45) is 0 Å². The number of carbonyl (C=O) groups is 1. The van der Waals surface area contributed by atoms with Gasteiger partial charge in [0.2, 0.25) is 0 Å². The fourth-order valence-corrected chi connectivity index (χ4v) is 3.02. The summed E-state index contributed by atoms with van der Waals surface area (Å²) >= 11 is 3.39. The summed E-state index contributed by atoms with van der Waals surface area (Å²) in [6.45, 7) is 4.13. The quantitative estimate of drug-likeness (QED) is 0.752. The van der Waals surface area contributed by atoms with E-state index in [1.165, 1.54) is 11.1 Å². The predicted molar refractivity (Wildman–Crippen MR) is 82.4 cm³/mol. The average molecular weight is 331 g/mol. The molecule has 2 aromatic rings. The molecule has 1 heterocycles. The van der Waals surface area contributed by atoms with Crippen LogP contribution in [0.4, 0.5) is 0 Å². The van der Waals surface area contributed by atoms with Gasteiger partial charge in [-0.05, 0) is 43.2 Å². The second-order valence-electron chi connectivity index (χ2n) is 5.23. The number of ketones is 1. The molecule has 0 aliphatic carbocycles. The first-order valence-corrected chi connectivity index (χ1v) is 7.40. The van der Waals surface area contributed by atoms with Gasteiger partial charge in [-0.15, -0.1) is 0 Å². The summed E-state index contributed by atoms with van der Waals surface area (Å²) in [5.74, 6) is 0.812. The zero-order valence-corrected chi connectivity index (χ0v) is 13.0. The number of rotatable bonds is 1. The van der Waals surface area contributed by atoms with Crippen LogP contribution >= 0.6 is 15.9 Å². The highest BCUT2D eigenvalue weighted by atomic mass is 79.9. The van der Waals surface area contributed by atoms with E-state index in [0.717, 1.165) is 10.0 Å². The summed E-state index contributed by atoms with van der Waals surface area (Å²) in [6.07, 6.45) is 0.213. The fraction of sp³-hybridized carbons (Fsp3) is 0.235. The van der Waals surface area contributed by atoms with Gasteiger partial charge in [0.1, 0.15) is 11.9 Å². The number of hydrogen-bond donors (Lipinski definition) is 0. The summed E-state index contributed by atoms with van der Waals surface area (Å²) in [6, 6.07) is 11.8. The molecule has 0 amide bonds. The smallest absolute Gasteiger partial charge is 0.170 e. The number of carbonyl (C=O) groups excluding carboxylic acids is 1. The molecule has 0 radical (unpaired) electrons. The molecule has 0 N–H and O–H groups in total. The minimum atomic E-state index is -0.184. The molecule has 2 nitrogen and oxygen atoms in total. The van der Waals surface area contributed by atoms with E-state index < -0.39 is 0 Å². The lowest BCUT2D eigenvalue weighted by atomic mass is 9.93. The number of halogens is 1. The van der Waals surface area contributed by atoms with Crippen molar-refractivity contribution in [1.82, 2.24) is 0 Å². The van der Waals surface area contributed by atoms with Gasteiger partial charge in [0.25, 0.3) is 0 Å². The van der Waals surface area contributed by atoms with Gasteiger partial charge >= 0.3 is 0 Å². The molecule has 0 bridgehead atoms. The number of benzene rings is 2. The molecule has 1 aliphatic rings. The van der Waals surface area contributed by atoms with Crippen LogP contribution in [0, 0.1) is 13.8 Å².